The Hall–Kier alpha value is -2.02. The number of carbonyl (C=O) groups excluding carboxylic acids is 2. The van der Waals surface area contributed by atoms with Crippen LogP contribution in [0.2, 0.25) is 0 Å². The van der Waals surface area contributed by atoms with Gasteiger partial charge in [0, 0.05) is 19.1 Å². The molecule has 0 spiro atoms. The van der Waals surface area contributed by atoms with Crippen molar-refractivity contribution in [2.75, 3.05) is 33.3 Å². The Morgan fingerprint density at radius 1 is 1.43 bits per heavy atom. The highest BCUT2D eigenvalue weighted by atomic mass is 16.6. The summed E-state index contributed by atoms with van der Waals surface area (Å²) in [7, 11) is 1.88. The molecule has 128 valence electrons. The third-order valence-corrected chi connectivity index (χ3v) is 3.81. The molecule has 2 heterocycles. The van der Waals surface area contributed by atoms with Crippen molar-refractivity contribution in [1.29, 1.82) is 0 Å². The van der Waals surface area contributed by atoms with Crippen molar-refractivity contribution in [1.82, 2.24) is 15.1 Å². The number of nitrogens with one attached hydrogen (secondary N) is 1. The maximum absolute atomic E-state index is 12.1. The quantitative estimate of drug-likeness (QED) is 0.857. The van der Waals surface area contributed by atoms with Crippen molar-refractivity contribution in [2.45, 2.75) is 32.4 Å². The molecule has 0 radical (unpaired) electrons. The number of furan rings is 1. The Balaban J connectivity index is 1.67. The molecular weight excluding hydrogens is 298 g/mol. The lowest BCUT2D eigenvalue weighted by molar-refractivity contribution is -0.123. The van der Waals surface area contributed by atoms with E-state index in [2.05, 4.69) is 5.32 Å². The number of likely N-dealkylation sites (tertiary alicyclic amines) is 1. The van der Waals surface area contributed by atoms with Crippen LogP contribution in [0.3, 0.4) is 0 Å². The molecule has 2 rings (SSSR count). The number of hydrogen-bond donors (Lipinski definition) is 1. The lowest BCUT2D eigenvalue weighted by atomic mass is 10.1. The van der Waals surface area contributed by atoms with E-state index >= 15 is 0 Å². The van der Waals surface area contributed by atoms with Crippen LogP contribution in [0.4, 0.5) is 4.79 Å². The number of ether oxygens (including phenoxy) is 1. The summed E-state index contributed by atoms with van der Waals surface area (Å²) in [6.45, 7) is 4.33. The summed E-state index contributed by atoms with van der Waals surface area (Å²) in [5.41, 5.74) is 0. The molecule has 1 aromatic rings. The van der Waals surface area contributed by atoms with Crippen LogP contribution in [0.5, 0.6) is 0 Å². The van der Waals surface area contributed by atoms with Crippen molar-refractivity contribution in [3.63, 3.8) is 0 Å². The summed E-state index contributed by atoms with van der Waals surface area (Å²) in [5.74, 6) is 0.830. The molecule has 0 bridgehead atoms. The summed E-state index contributed by atoms with van der Waals surface area (Å²) in [5, 5.41) is 3.03. The summed E-state index contributed by atoms with van der Waals surface area (Å²) in [4.78, 5) is 27.3. The van der Waals surface area contributed by atoms with Gasteiger partial charge >= 0.3 is 6.09 Å². The molecule has 1 saturated heterocycles. The van der Waals surface area contributed by atoms with Gasteiger partial charge in [-0.05, 0) is 38.9 Å². The van der Waals surface area contributed by atoms with Crippen molar-refractivity contribution >= 4 is 12.0 Å². The highest BCUT2D eigenvalue weighted by Crippen LogP contribution is 2.11. The van der Waals surface area contributed by atoms with Gasteiger partial charge < -0.3 is 19.4 Å². The molecule has 0 aliphatic carbocycles. The van der Waals surface area contributed by atoms with E-state index < -0.39 is 0 Å². The average molecular weight is 323 g/mol. The normalized spacial score (nSPS) is 15.7. The molecule has 0 atom stereocenters. The number of carbonyl (C=O) groups is 2. The second-order valence-corrected chi connectivity index (χ2v) is 5.78. The van der Waals surface area contributed by atoms with Gasteiger partial charge in [-0.1, -0.05) is 0 Å². The third-order valence-electron chi connectivity index (χ3n) is 3.81. The zero-order chi connectivity index (χ0) is 16.7. The number of likely N-dealkylation sites (N-methyl/N-ethyl adjacent to an activating group) is 1. The topological polar surface area (TPSA) is 75.0 Å². The van der Waals surface area contributed by atoms with Gasteiger partial charge in [0.2, 0.25) is 5.91 Å². The van der Waals surface area contributed by atoms with Crippen LogP contribution in [-0.2, 0) is 16.1 Å². The van der Waals surface area contributed by atoms with E-state index in [1.54, 1.807) is 18.1 Å². The van der Waals surface area contributed by atoms with Gasteiger partial charge in [0.25, 0.3) is 0 Å². The molecule has 7 heteroatoms. The maximum Gasteiger partial charge on any atom is 0.409 e. The molecule has 0 unspecified atom stereocenters. The zero-order valence-corrected chi connectivity index (χ0v) is 13.8. The van der Waals surface area contributed by atoms with Gasteiger partial charge in [-0.15, -0.1) is 0 Å². The van der Waals surface area contributed by atoms with E-state index in [1.165, 1.54) is 0 Å². The minimum Gasteiger partial charge on any atom is -0.468 e. The average Bonchev–Trinajstić information content (AvgIpc) is 3.00. The van der Waals surface area contributed by atoms with Crippen LogP contribution in [0.15, 0.2) is 22.8 Å². The van der Waals surface area contributed by atoms with E-state index in [1.807, 2.05) is 24.1 Å². The summed E-state index contributed by atoms with van der Waals surface area (Å²) < 4.78 is 10.3. The first-order valence-electron chi connectivity index (χ1n) is 8.00. The number of hydrogen-bond acceptors (Lipinski definition) is 5. The van der Waals surface area contributed by atoms with Gasteiger partial charge in [-0.25, -0.2) is 4.79 Å². The van der Waals surface area contributed by atoms with Crippen LogP contribution in [-0.4, -0.2) is 61.1 Å². The molecular formula is C16H25N3O4. The monoisotopic (exact) mass is 323 g/mol. The summed E-state index contributed by atoms with van der Waals surface area (Å²) in [6.07, 6.45) is 2.87. The predicted octanol–water partition coefficient (Wildman–Crippen LogP) is 1.45. The van der Waals surface area contributed by atoms with E-state index in [4.69, 9.17) is 9.15 Å². The highest BCUT2D eigenvalue weighted by Gasteiger charge is 2.24. The van der Waals surface area contributed by atoms with E-state index in [0.29, 0.717) is 32.8 Å². The van der Waals surface area contributed by atoms with E-state index in [0.717, 1.165) is 18.6 Å². The summed E-state index contributed by atoms with van der Waals surface area (Å²) >= 11 is 0. The molecule has 1 aliphatic rings. The Kier molecular flexibility index (Phi) is 6.46. The van der Waals surface area contributed by atoms with Crippen LogP contribution in [0.25, 0.3) is 0 Å². The number of nitrogens with zero attached hydrogens (tertiary/aromatic N) is 2. The molecule has 2 amide bonds. The Labute approximate surface area is 136 Å². The smallest absolute Gasteiger partial charge is 0.409 e. The standard InChI is InChI=1S/C16H25N3O4/c1-3-22-16(21)19-8-6-13(7-9-19)17-15(20)12-18(2)11-14-5-4-10-23-14/h4-5,10,13H,3,6-9,11-12H2,1-2H3,(H,17,20). The van der Waals surface area contributed by atoms with Crippen LogP contribution >= 0.6 is 0 Å². The molecule has 1 N–H and O–H groups in total. The molecule has 0 aromatic carbocycles. The van der Waals surface area contributed by atoms with Gasteiger partial charge in [-0.2, -0.15) is 0 Å². The van der Waals surface area contributed by atoms with Gasteiger partial charge in [-0.3, -0.25) is 9.69 Å². The minimum atomic E-state index is -0.268. The SMILES string of the molecule is CCOC(=O)N1CCC(NC(=O)CN(C)Cc2ccco2)CC1. The van der Waals surface area contributed by atoms with E-state index in [-0.39, 0.29) is 18.0 Å². The van der Waals surface area contributed by atoms with Gasteiger partial charge in [0.15, 0.2) is 0 Å². The first-order valence-corrected chi connectivity index (χ1v) is 8.00. The largest absolute Gasteiger partial charge is 0.468 e. The van der Waals surface area contributed by atoms with Crippen molar-refractivity contribution in [3.8, 4) is 0 Å². The molecule has 1 aromatic heterocycles. The molecule has 23 heavy (non-hydrogen) atoms. The molecule has 1 fully saturated rings. The van der Waals surface area contributed by atoms with Crippen LogP contribution in [0, 0.1) is 0 Å². The fourth-order valence-corrected chi connectivity index (χ4v) is 2.66. The second-order valence-electron chi connectivity index (χ2n) is 5.78. The fraction of sp³-hybridized carbons (Fsp3) is 0.625. The van der Waals surface area contributed by atoms with Crippen molar-refractivity contribution in [3.05, 3.63) is 24.2 Å². The second kappa shape index (κ2) is 8.57. The Bertz CT molecular complexity index is 495. The Morgan fingerprint density at radius 3 is 2.78 bits per heavy atom. The molecule has 1 aliphatic heterocycles. The van der Waals surface area contributed by atoms with Crippen molar-refractivity contribution < 1.29 is 18.7 Å². The zero-order valence-electron chi connectivity index (χ0n) is 13.8. The van der Waals surface area contributed by atoms with Crippen LogP contribution < -0.4 is 5.32 Å². The lowest BCUT2D eigenvalue weighted by Gasteiger charge is -2.31. The first kappa shape index (κ1) is 17.3. The van der Waals surface area contributed by atoms with Crippen LogP contribution in [0.1, 0.15) is 25.5 Å². The van der Waals surface area contributed by atoms with Crippen molar-refractivity contribution in [2.24, 2.45) is 0 Å². The number of amides is 2. The minimum absolute atomic E-state index is 0.00589. The maximum atomic E-state index is 12.1. The fourth-order valence-electron chi connectivity index (χ4n) is 2.66. The third kappa shape index (κ3) is 5.59. The first-order chi connectivity index (χ1) is 11.1. The number of piperidine rings is 1. The molecule has 0 saturated carbocycles. The van der Waals surface area contributed by atoms with Gasteiger partial charge in [0.05, 0.1) is 26.0 Å². The highest BCUT2D eigenvalue weighted by molar-refractivity contribution is 5.78. The van der Waals surface area contributed by atoms with E-state index in [9.17, 15) is 9.59 Å². The molecule has 7 nitrogen and oxygen atoms in total. The lowest BCUT2D eigenvalue weighted by Crippen LogP contribution is -2.48. The van der Waals surface area contributed by atoms with Gasteiger partial charge in [0.1, 0.15) is 5.76 Å². The predicted molar refractivity (Wildman–Crippen MR) is 84.8 cm³/mol. The number of rotatable bonds is 6. The Morgan fingerprint density at radius 2 is 2.17 bits per heavy atom. The summed E-state index contributed by atoms with van der Waals surface area (Å²) in [6, 6.07) is 3.84.